The molecule has 14 nitrogen and oxygen atoms in total. The molecule has 2 aliphatic heterocycles. The van der Waals surface area contributed by atoms with Crippen LogP contribution < -0.4 is 21.5 Å². The van der Waals surface area contributed by atoms with E-state index in [9.17, 15) is 56.5 Å². The van der Waals surface area contributed by atoms with Crippen molar-refractivity contribution in [2.75, 3.05) is 14.2 Å². The Kier molecular flexibility index (Phi) is 11.3. The van der Waals surface area contributed by atoms with Crippen molar-refractivity contribution in [3.8, 4) is 11.5 Å². The zero-order chi connectivity index (χ0) is 45.1. The topological polar surface area (TPSA) is 195 Å². The second-order valence-corrected chi connectivity index (χ2v) is 16.6. The van der Waals surface area contributed by atoms with Crippen LogP contribution in [-0.4, -0.2) is 68.1 Å². The lowest BCUT2D eigenvalue weighted by molar-refractivity contribution is -0.0894. The highest BCUT2D eigenvalue weighted by molar-refractivity contribution is 6.05. The third-order valence-electron chi connectivity index (χ3n) is 13.5. The number of hydrogen-bond donors (Lipinski definition) is 4. The fourth-order valence-corrected chi connectivity index (χ4v) is 9.67. The molecule has 328 valence electrons. The van der Waals surface area contributed by atoms with E-state index in [4.69, 9.17) is 9.47 Å². The average Bonchev–Trinajstić information content (AvgIpc) is 3.79. The number of nitrogens with one attached hydrogen (secondary N) is 2. The molecule has 4 aliphatic rings. The fourth-order valence-electron chi connectivity index (χ4n) is 9.67. The quantitative estimate of drug-likeness (QED) is 0.137. The number of aromatic nitrogens is 2. The molecule has 2 aromatic heterocycles. The van der Waals surface area contributed by atoms with Crippen LogP contribution in [0.5, 0.6) is 11.5 Å². The van der Waals surface area contributed by atoms with Crippen LogP contribution in [0.25, 0.3) is 0 Å². The Morgan fingerprint density at radius 3 is 1.56 bits per heavy atom. The summed E-state index contributed by atoms with van der Waals surface area (Å²) in [6, 6.07) is 7.27. The van der Waals surface area contributed by atoms with Gasteiger partial charge in [-0.1, -0.05) is 18.2 Å². The first-order valence-electron chi connectivity index (χ1n) is 19.8. The zero-order valence-electron chi connectivity index (χ0n) is 34.3. The first-order chi connectivity index (χ1) is 29.3. The van der Waals surface area contributed by atoms with Gasteiger partial charge in [-0.2, -0.15) is 0 Å². The summed E-state index contributed by atoms with van der Waals surface area (Å²) in [5, 5.41) is 25.9. The lowest BCUT2D eigenvalue weighted by atomic mass is 9.69. The number of fused-ring (bicyclic) bond motifs is 4. The molecule has 4 heterocycles. The van der Waals surface area contributed by atoms with Gasteiger partial charge >= 0.3 is 0 Å². The van der Waals surface area contributed by atoms with Crippen LogP contribution in [0.1, 0.15) is 105 Å². The number of pyridine rings is 2. The number of ether oxygens (including phenoxy) is 2. The van der Waals surface area contributed by atoms with Crippen molar-refractivity contribution in [1.82, 2.24) is 19.8 Å². The summed E-state index contributed by atoms with van der Waals surface area (Å²) in [4.78, 5) is 77.1. The predicted octanol–water partition coefficient (Wildman–Crippen LogP) is 5.07. The van der Waals surface area contributed by atoms with E-state index >= 15 is 0 Å². The highest BCUT2D eigenvalue weighted by Crippen LogP contribution is 2.55. The minimum atomic E-state index is -1.67. The standard InChI is InChI=1S/C22H21F3N2O5.C22H23FN2O5/c1-21-6-3-7-22(21,32-2)10-27-9-12(17(28)18(29)16(27)19(21)30)20(31)26-8-11-4-5-13(23)15(25)14(11)24;1-21-8-3-9-22(21,30-2)12-25-11-15(17(26)18(27)16(25)19(21)28)20(29)24-10-13-4-6-14(23)7-5-13/h4-5,9,29H,3,6-8,10H2,1-2H3,(H,26,31);4-7,11,27H,3,8-10,12H2,1-2H3,(H,24,29). The van der Waals surface area contributed by atoms with Gasteiger partial charge < -0.3 is 39.5 Å². The minimum absolute atomic E-state index is 0.0767. The van der Waals surface area contributed by atoms with Gasteiger partial charge in [-0.25, -0.2) is 17.6 Å². The van der Waals surface area contributed by atoms with Crippen LogP contribution >= 0.6 is 0 Å². The average molecular weight is 865 g/mol. The molecule has 4 aromatic rings. The van der Waals surface area contributed by atoms with E-state index in [1.807, 2.05) is 6.92 Å². The molecule has 2 saturated carbocycles. The summed E-state index contributed by atoms with van der Waals surface area (Å²) in [6.07, 6.45) is 6.39. The van der Waals surface area contributed by atoms with Gasteiger partial charge in [-0.05, 0) is 76.1 Å². The summed E-state index contributed by atoms with van der Waals surface area (Å²) in [6.45, 7) is 3.52. The van der Waals surface area contributed by atoms with Crippen molar-refractivity contribution >= 4 is 23.4 Å². The van der Waals surface area contributed by atoms with Crippen molar-refractivity contribution in [1.29, 1.82) is 0 Å². The number of halogens is 4. The lowest BCUT2D eigenvalue weighted by Gasteiger charge is -2.46. The molecule has 0 bridgehead atoms. The highest BCUT2D eigenvalue weighted by atomic mass is 19.2. The second-order valence-electron chi connectivity index (χ2n) is 16.6. The molecule has 2 aromatic carbocycles. The Hall–Kier alpha value is -6.14. The van der Waals surface area contributed by atoms with Gasteiger partial charge in [-0.3, -0.25) is 28.8 Å². The predicted molar refractivity (Wildman–Crippen MR) is 212 cm³/mol. The Morgan fingerprint density at radius 1 is 0.661 bits per heavy atom. The molecule has 0 spiro atoms. The van der Waals surface area contributed by atoms with Crippen molar-refractivity contribution < 1.29 is 56.4 Å². The number of aromatic hydroxyl groups is 2. The molecule has 2 fully saturated rings. The molecular weight excluding hydrogens is 820 g/mol. The van der Waals surface area contributed by atoms with Crippen LogP contribution in [0, 0.1) is 34.1 Å². The molecule has 2 amide bonds. The highest BCUT2D eigenvalue weighted by Gasteiger charge is 2.62. The van der Waals surface area contributed by atoms with Crippen LogP contribution in [0.4, 0.5) is 17.6 Å². The Bertz CT molecular complexity index is 2670. The Balaban J connectivity index is 0.000000187. The van der Waals surface area contributed by atoms with Crippen LogP contribution in [0.3, 0.4) is 0 Å². The van der Waals surface area contributed by atoms with Gasteiger partial charge in [0.05, 0.1) is 35.1 Å². The number of rotatable bonds is 8. The molecule has 18 heteroatoms. The largest absolute Gasteiger partial charge is 0.503 e. The number of nitrogens with zero attached hydrogens (tertiary/aromatic N) is 2. The second kappa shape index (κ2) is 16.0. The van der Waals surface area contributed by atoms with E-state index in [0.717, 1.165) is 25.1 Å². The third kappa shape index (κ3) is 6.79. The molecule has 0 saturated heterocycles. The molecule has 0 radical (unpaired) electrons. The number of carbonyl (C=O) groups excluding carboxylic acids is 4. The summed E-state index contributed by atoms with van der Waals surface area (Å²) in [5.41, 5.74) is -5.97. The maximum atomic E-state index is 13.8. The smallest absolute Gasteiger partial charge is 0.257 e. The van der Waals surface area contributed by atoms with E-state index in [0.29, 0.717) is 37.3 Å². The Labute approximate surface area is 351 Å². The molecule has 62 heavy (non-hydrogen) atoms. The van der Waals surface area contributed by atoms with Crippen LogP contribution in [0.15, 0.2) is 58.4 Å². The normalized spacial score (nSPS) is 24.6. The summed E-state index contributed by atoms with van der Waals surface area (Å²) >= 11 is 0. The number of hydrogen-bond acceptors (Lipinski definition) is 10. The number of benzene rings is 2. The van der Waals surface area contributed by atoms with Crippen LogP contribution in [-0.2, 0) is 35.7 Å². The number of Topliss-reactive ketones (excluding diaryl/α,β-unsaturated/α-hetero) is 2. The monoisotopic (exact) mass is 864 g/mol. The van der Waals surface area contributed by atoms with Gasteiger partial charge in [0.2, 0.25) is 10.9 Å². The van der Waals surface area contributed by atoms with E-state index in [1.165, 1.54) is 46.7 Å². The van der Waals surface area contributed by atoms with Crippen LogP contribution in [0.2, 0.25) is 0 Å². The summed E-state index contributed by atoms with van der Waals surface area (Å²) in [7, 11) is 3.05. The van der Waals surface area contributed by atoms with Gasteiger partial charge in [0.1, 0.15) is 28.3 Å². The first kappa shape index (κ1) is 43.9. The van der Waals surface area contributed by atoms with Crippen molar-refractivity contribution in [2.24, 2.45) is 10.8 Å². The summed E-state index contributed by atoms with van der Waals surface area (Å²) in [5.74, 6) is -8.89. The lowest BCUT2D eigenvalue weighted by Crippen LogP contribution is -2.56. The fraction of sp³-hybridized carbons (Fsp3) is 0.409. The number of ketones is 2. The first-order valence-corrected chi connectivity index (χ1v) is 19.8. The van der Waals surface area contributed by atoms with Gasteiger partial charge in [0.25, 0.3) is 11.8 Å². The summed E-state index contributed by atoms with van der Waals surface area (Å²) < 4.78 is 67.7. The number of amides is 2. The zero-order valence-corrected chi connectivity index (χ0v) is 34.3. The van der Waals surface area contributed by atoms with Gasteiger partial charge in [0.15, 0.2) is 40.5 Å². The van der Waals surface area contributed by atoms with Gasteiger partial charge in [0, 0.05) is 45.3 Å². The molecule has 8 rings (SSSR count). The molecule has 4 atom stereocenters. The van der Waals surface area contributed by atoms with E-state index in [2.05, 4.69) is 10.6 Å². The number of carbonyl (C=O) groups is 4. The molecule has 4 N–H and O–H groups in total. The molecule has 2 aliphatic carbocycles. The van der Waals surface area contributed by atoms with E-state index < -0.39 is 97.4 Å². The van der Waals surface area contributed by atoms with E-state index in [1.54, 1.807) is 14.0 Å². The molecule has 4 unspecified atom stereocenters. The van der Waals surface area contributed by atoms with Crippen molar-refractivity contribution in [3.63, 3.8) is 0 Å². The Morgan fingerprint density at radius 2 is 1.11 bits per heavy atom. The maximum absolute atomic E-state index is 13.8. The minimum Gasteiger partial charge on any atom is -0.503 e. The van der Waals surface area contributed by atoms with Gasteiger partial charge in [-0.15, -0.1) is 0 Å². The van der Waals surface area contributed by atoms with Crippen molar-refractivity contribution in [3.05, 3.63) is 126 Å². The SMILES string of the molecule is COC12CCCC1(C)C(=O)c1c(O)c(=O)c(C(=O)NCc3ccc(F)c(F)c3F)cn1C2.COC12CCCC1(C)C(=O)c1c(O)c(=O)c(C(=O)NCc3ccc(F)cc3)cn1C2. The molecular formula is C44H44F4N4O10. The number of methoxy groups -OCH3 is 2. The van der Waals surface area contributed by atoms with Crippen molar-refractivity contribution in [2.45, 2.75) is 89.8 Å². The third-order valence-corrected chi connectivity index (χ3v) is 13.5. The van der Waals surface area contributed by atoms with E-state index in [-0.39, 0.29) is 47.9 Å². The maximum Gasteiger partial charge on any atom is 0.257 e.